The highest BCUT2D eigenvalue weighted by atomic mass is 31.2. The van der Waals surface area contributed by atoms with Gasteiger partial charge in [0, 0.05) is 25.9 Å². The summed E-state index contributed by atoms with van der Waals surface area (Å²) in [6, 6.07) is 0. The highest BCUT2D eigenvalue weighted by Gasteiger charge is 2.54. The van der Waals surface area contributed by atoms with Gasteiger partial charge in [0.1, 0.15) is 55.3 Å². The number of ether oxygens (including phenoxy) is 3. The highest BCUT2D eigenvalue weighted by Crippen LogP contribution is 2.48. The van der Waals surface area contributed by atoms with Crippen molar-refractivity contribution in [2.45, 2.75) is 211 Å². The van der Waals surface area contributed by atoms with Gasteiger partial charge < -0.3 is 49.3 Å². The molecule has 7 N–H and O–H groups in total. The van der Waals surface area contributed by atoms with Crippen LogP contribution in [0.2, 0.25) is 0 Å². The molecule has 0 bridgehead atoms. The van der Waals surface area contributed by atoms with Crippen LogP contribution in [0.25, 0.3) is 0 Å². The Morgan fingerprint density at radius 2 is 0.983 bits per heavy atom. The van der Waals surface area contributed by atoms with Crippen molar-refractivity contribution in [2.24, 2.45) is 0 Å². The number of rotatable bonds is 38. The van der Waals surface area contributed by atoms with E-state index in [1.54, 1.807) is 0 Å². The van der Waals surface area contributed by atoms with E-state index in [1.165, 1.54) is 51.4 Å². The van der Waals surface area contributed by atoms with Crippen molar-refractivity contribution in [2.75, 3.05) is 26.6 Å². The van der Waals surface area contributed by atoms with Crippen LogP contribution < -0.4 is 0 Å². The molecule has 1 aliphatic carbocycles. The molecule has 19 heteroatoms. The molecule has 0 aromatic carbocycles. The minimum Gasteiger partial charge on any atom is -0.457 e. The zero-order valence-electron chi connectivity index (χ0n) is 34.9. The van der Waals surface area contributed by atoms with E-state index < -0.39 is 70.9 Å². The van der Waals surface area contributed by atoms with Gasteiger partial charge in [-0.25, -0.2) is 9.13 Å². The van der Waals surface area contributed by atoms with Gasteiger partial charge in [-0.3, -0.25) is 23.2 Å². The second-order valence-electron chi connectivity index (χ2n) is 15.4. The van der Waals surface area contributed by atoms with Crippen LogP contribution in [0.1, 0.15) is 168 Å². The molecule has 8 atom stereocenters. The summed E-state index contributed by atoms with van der Waals surface area (Å²) in [4.78, 5) is 52.9. The second kappa shape index (κ2) is 32.8. The summed E-state index contributed by atoms with van der Waals surface area (Å²) in [6.07, 6.45) is 9.58. The molecule has 0 aromatic rings. The number of unbranched alkanes of at least 4 members (excludes halogenated alkanes) is 18. The van der Waals surface area contributed by atoms with E-state index in [4.69, 9.17) is 33.0 Å². The molecule has 0 radical (unpaired) electrons. The van der Waals surface area contributed by atoms with Crippen molar-refractivity contribution >= 4 is 27.4 Å². The maximum atomic E-state index is 12.9. The fourth-order valence-corrected chi connectivity index (χ4v) is 8.25. The highest BCUT2D eigenvalue weighted by molar-refractivity contribution is 7.47. The number of aliphatic hydroxyl groups is 4. The molecule has 1 fully saturated rings. The lowest BCUT2D eigenvalue weighted by Gasteiger charge is -2.43. The van der Waals surface area contributed by atoms with Gasteiger partial charge in [-0.2, -0.15) is 0 Å². The summed E-state index contributed by atoms with van der Waals surface area (Å²) in [6.45, 7) is 3.49. The van der Waals surface area contributed by atoms with E-state index in [1.807, 2.05) is 6.92 Å². The Hall–Kier alpha value is -0.880. The minimum absolute atomic E-state index is 0.100. The number of carbonyl (C=O) groups is 2. The summed E-state index contributed by atoms with van der Waals surface area (Å²) in [7, 11) is -10.5. The molecule has 0 aliphatic heterocycles. The van der Waals surface area contributed by atoms with Gasteiger partial charge >= 0.3 is 21.6 Å². The van der Waals surface area contributed by atoms with Crippen molar-refractivity contribution in [1.29, 1.82) is 0 Å². The third-order valence-corrected chi connectivity index (χ3v) is 11.5. The number of phosphoric acid groups is 2. The zero-order chi connectivity index (χ0) is 43.2. The number of ketones is 1. The standard InChI is InChI=1S/C39H76O17P2/c1-3-5-6-7-8-9-10-11-12-13-16-19-22-26-33(41)54-32(28-52-30-51-27-23-20-17-14-15-18-21-25-31(40)24-4-2)29-53-58(49,50)56-39-36(44)34(42)38(35(43)37(39)45)55-57(46,47)48/h32,34-39,42-45H,3-30H2,1-2H3,(H,49,50)(H2,46,47,48)/t32-,34-,35+,36+,37?,38?,39?/m1/s1. The Morgan fingerprint density at radius 3 is 1.47 bits per heavy atom. The van der Waals surface area contributed by atoms with Crippen molar-refractivity contribution in [1.82, 2.24) is 0 Å². The maximum Gasteiger partial charge on any atom is 0.472 e. The lowest BCUT2D eigenvalue weighted by molar-refractivity contribution is -0.216. The average molecular weight is 879 g/mol. The maximum absolute atomic E-state index is 12.9. The zero-order valence-corrected chi connectivity index (χ0v) is 36.7. The SMILES string of the molecule is CCCCCCCCCCCCCCCC(=O)O[C@H](COCOCCCCCCCCCC(=O)CCC)COP(=O)(O)OC1C(O)[C@H](O)C(OP(=O)(O)O)[C@H](O)[C@@H]1O. The Balaban J connectivity index is 2.55. The number of esters is 1. The molecule has 1 rings (SSSR count). The van der Waals surface area contributed by atoms with Gasteiger partial charge in [0.05, 0.1) is 13.2 Å². The normalized spacial score (nSPS) is 22.8. The van der Waals surface area contributed by atoms with Crippen LogP contribution in [-0.2, 0) is 46.5 Å². The quantitative estimate of drug-likeness (QED) is 0.0155. The third-order valence-electron chi connectivity index (χ3n) is 10.0. The summed E-state index contributed by atoms with van der Waals surface area (Å²) in [5.41, 5.74) is 0. The van der Waals surface area contributed by atoms with Gasteiger partial charge in [0.2, 0.25) is 0 Å². The van der Waals surface area contributed by atoms with E-state index >= 15 is 0 Å². The predicted molar refractivity (Wildman–Crippen MR) is 215 cm³/mol. The summed E-state index contributed by atoms with van der Waals surface area (Å²) in [5.74, 6) is -0.246. The number of hydrogen-bond acceptors (Lipinski definition) is 14. The lowest BCUT2D eigenvalue weighted by atomic mass is 9.85. The van der Waals surface area contributed by atoms with E-state index in [0.29, 0.717) is 31.7 Å². The summed E-state index contributed by atoms with van der Waals surface area (Å²) >= 11 is 0. The topological polar surface area (TPSA) is 265 Å². The van der Waals surface area contributed by atoms with Crippen LogP contribution in [0.15, 0.2) is 0 Å². The molecule has 1 aliphatic rings. The Morgan fingerprint density at radius 1 is 0.534 bits per heavy atom. The van der Waals surface area contributed by atoms with Crippen LogP contribution in [0.5, 0.6) is 0 Å². The summed E-state index contributed by atoms with van der Waals surface area (Å²) in [5, 5.41) is 41.3. The molecule has 0 heterocycles. The smallest absolute Gasteiger partial charge is 0.457 e. The van der Waals surface area contributed by atoms with Gasteiger partial charge in [-0.15, -0.1) is 0 Å². The van der Waals surface area contributed by atoms with Gasteiger partial charge in [0.25, 0.3) is 0 Å². The molecule has 17 nitrogen and oxygen atoms in total. The molecule has 0 spiro atoms. The molecule has 4 unspecified atom stereocenters. The van der Waals surface area contributed by atoms with E-state index in [0.717, 1.165) is 77.0 Å². The van der Waals surface area contributed by atoms with Gasteiger partial charge in [-0.1, -0.05) is 123 Å². The first kappa shape index (κ1) is 55.1. The average Bonchev–Trinajstić information content (AvgIpc) is 3.16. The fourth-order valence-electron chi connectivity index (χ4n) is 6.71. The molecule has 58 heavy (non-hydrogen) atoms. The van der Waals surface area contributed by atoms with E-state index in [-0.39, 0.29) is 19.8 Å². The molecule has 0 saturated heterocycles. The first-order valence-corrected chi connectivity index (χ1v) is 24.6. The first-order chi connectivity index (χ1) is 27.6. The van der Waals surface area contributed by atoms with E-state index in [9.17, 15) is 44.0 Å². The van der Waals surface area contributed by atoms with Crippen molar-refractivity contribution < 1.29 is 81.6 Å². The third kappa shape index (κ3) is 27.1. The predicted octanol–water partition coefficient (Wildman–Crippen LogP) is 6.30. The Bertz CT molecular complexity index is 1140. The van der Waals surface area contributed by atoms with Crippen LogP contribution >= 0.6 is 15.6 Å². The monoisotopic (exact) mass is 878 g/mol. The van der Waals surface area contributed by atoms with Crippen LogP contribution in [-0.4, -0.2) is 116 Å². The Labute approximate surface area is 345 Å². The van der Waals surface area contributed by atoms with Crippen molar-refractivity contribution in [3.8, 4) is 0 Å². The fraction of sp³-hybridized carbons (Fsp3) is 0.949. The first-order valence-electron chi connectivity index (χ1n) is 21.6. The van der Waals surface area contributed by atoms with Crippen LogP contribution in [0.3, 0.4) is 0 Å². The lowest BCUT2D eigenvalue weighted by Crippen LogP contribution is -2.64. The number of carbonyl (C=O) groups excluding carboxylic acids is 2. The number of hydrogen-bond donors (Lipinski definition) is 7. The van der Waals surface area contributed by atoms with Gasteiger partial charge in [0.15, 0.2) is 0 Å². The van der Waals surface area contributed by atoms with Crippen LogP contribution in [0, 0.1) is 0 Å². The second-order valence-corrected chi connectivity index (χ2v) is 18.0. The molecule has 1 saturated carbocycles. The number of Topliss-reactive ketones (excluding diaryl/α,β-unsaturated/α-hetero) is 1. The van der Waals surface area contributed by atoms with E-state index in [2.05, 4.69) is 11.4 Å². The number of phosphoric ester groups is 2. The molecular formula is C39H76O17P2. The number of aliphatic hydroxyl groups excluding tert-OH is 4. The largest absolute Gasteiger partial charge is 0.472 e. The Kier molecular flexibility index (Phi) is 31.2. The molecule has 0 aromatic heterocycles. The van der Waals surface area contributed by atoms with Crippen LogP contribution in [0.4, 0.5) is 0 Å². The van der Waals surface area contributed by atoms with Crippen molar-refractivity contribution in [3.63, 3.8) is 0 Å². The molecular weight excluding hydrogens is 802 g/mol. The summed E-state index contributed by atoms with van der Waals surface area (Å²) < 4.78 is 54.8. The van der Waals surface area contributed by atoms with Gasteiger partial charge in [-0.05, 0) is 25.7 Å². The van der Waals surface area contributed by atoms with Crippen molar-refractivity contribution in [3.05, 3.63) is 0 Å². The molecule has 344 valence electrons. The molecule has 0 amide bonds. The minimum atomic E-state index is -5.29.